The minimum Gasteiger partial charge on any atom is -0.496 e. The summed E-state index contributed by atoms with van der Waals surface area (Å²) in [6.45, 7) is 0.203. The van der Waals surface area contributed by atoms with E-state index in [1.807, 2.05) is 24.3 Å². The van der Waals surface area contributed by atoms with Crippen LogP contribution in [0.1, 0.15) is 6.42 Å². The molecule has 3 rings (SSSR count). The third-order valence-corrected chi connectivity index (χ3v) is 3.69. The number of para-hydroxylation sites is 1. The van der Waals surface area contributed by atoms with E-state index < -0.39 is 12.2 Å². The number of amides is 1. The highest BCUT2D eigenvalue weighted by Crippen LogP contribution is 2.28. The van der Waals surface area contributed by atoms with Gasteiger partial charge in [-0.15, -0.1) is 12.4 Å². The van der Waals surface area contributed by atoms with Gasteiger partial charge in [-0.25, -0.2) is 14.4 Å². The van der Waals surface area contributed by atoms with Crippen molar-refractivity contribution >= 4 is 24.1 Å². The summed E-state index contributed by atoms with van der Waals surface area (Å²) in [4.78, 5) is 20.4. The maximum atomic E-state index is 13.2. The number of hydrogen-bond acceptors (Lipinski definition) is 5. The van der Waals surface area contributed by atoms with Crippen molar-refractivity contribution in [2.24, 2.45) is 0 Å². The van der Waals surface area contributed by atoms with Crippen molar-refractivity contribution in [3.05, 3.63) is 36.7 Å². The first-order valence-corrected chi connectivity index (χ1v) is 7.31. The van der Waals surface area contributed by atoms with Gasteiger partial charge in [0.25, 0.3) is 0 Å². The number of nitrogens with zero attached hydrogens (tertiary/aromatic N) is 2. The predicted molar refractivity (Wildman–Crippen MR) is 91.2 cm³/mol. The number of carbonyl (C=O) groups is 1. The Morgan fingerprint density at radius 3 is 2.88 bits per heavy atom. The summed E-state index contributed by atoms with van der Waals surface area (Å²) in [6, 6.07) is 8.58. The van der Waals surface area contributed by atoms with Crippen LogP contribution in [0.4, 0.5) is 10.2 Å². The Labute approximate surface area is 145 Å². The van der Waals surface area contributed by atoms with E-state index in [4.69, 9.17) is 4.74 Å². The number of carbonyl (C=O) groups excluding carboxylic acids is 1. The van der Waals surface area contributed by atoms with Gasteiger partial charge >= 0.3 is 0 Å². The summed E-state index contributed by atoms with van der Waals surface area (Å²) in [5, 5.41) is 5.53. The molecule has 2 atom stereocenters. The number of methoxy groups -OCH3 is 1. The monoisotopic (exact) mass is 352 g/mol. The zero-order valence-corrected chi connectivity index (χ0v) is 13.8. The molecule has 1 fully saturated rings. The zero-order valence-electron chi connectivity index (χ0n) is 13.0. The fourth-order valence-electron chi connectivity index (χ4n) is 2.53. The van der Waals surface area contributed by atoms with Crippen LogP contribution in [0.15, 0.2) is 36.7 Å². The number of ether oxygens (including phenoxy) is 1. The SMILES string of the molecule is COc1ccccc1-c1cc(NC(=O)C2CC(F)CN2)ncn1.Cl. The first kappa shape index (κ1) is 18.1. The Kier molecular flexibility index (Phi) is 6.05. The first-order valence-electron chi connectivity index (χ1n) is 7.31. The summed E-state index contributed by atoms with van der Waals surface area (Å²) < 4.78 is 18.5. The molecule has 1 aliphatic heterocycles. The summed E-state index contributed by atoms with van der Waals surface area (Å²) >= 11 is 0. The minimum atomic E-state index is -0.986. The van der Waals surface area contributed by atoms with Crippen molar-refractivity contribution in [3.8, 4) is 17.0 Å². The van der Waals surface area contributed by atoms with E-state index in [9.17, 15) is 9.18 Å². The van der Waals surface area contributed by atoms with Crippen molar-refractivity contribution < 1.29 is 13.9 Å². The molecular weight excluding hydrogens is 335 g/mol. The number of benzene rings is 1. The predicted octanol–water partition coefficient (Wildman–Crippen LogP) is 2.21. The van der Waals surface area contributed by atoms with Crippen molar-refractivity contribution in [1.82, 2.24) is 15.3 Å². The maximum Gasteiger partial charge on any atom is 0.242 e. The molecule has 1 saturated heterocycles. The molecule has 0 radical (unpaired) electrons. The van der Waals surface area contributed by atoms with Gasteiger partial charge in [0.1, 0.15) is 24.1 Å². The van der Waals surface area contributed by atoms with E-state index in [1.54, 1.807) is 13.2 Å². The summed E-state index contributed by atoms with van der Waals surface area (Å²) in [5.74, 6) is 0.756. The van der Waals surface area contributed by atoms with Crippen LogP contribution in [0, 0.1) is 0 Å². The van der Waals surface area contributed by atoms with E-state index in [0.29, 0.717) is 17.3 Å². The lowest BCUT2D eigenvalue weighted by atomic mass is 10.1. The van der Waals surface area contributed by atoms with Crippen LogP contribution in [-0.2, 0) is 4.79 Å². The molecule has 8 heteroatoms. The van der Waals surface area contributed by atoms with Gasteiger partial charge < -0.3 is 15.4 Å². The second-order valence-corrected chi connectivity index (χ2v) is 5.27. The van der Waals surface area contributed by atoms with E-state index in [0.717, 1.165) is 5.56 Å². The maximum absolute atomic E-state index is 13.2. The van der Waals surface area contributed by atoms with Crippen LogP contribution < -0.4 is 15.4 Å². The lowest BCUT2D eigenvalue weighted by molar-refractivity contribution is -0.117. The second-order valence-electron chi connectivity index (χ2n) is 5.27. The summed E-state index contributed by atoms with van der Waals surface area (Å²) in [6.07, 6.45) is 0.563. The van der Waals surface area contributed by atoms with E-state index in [-0.39, 0.29) is 31.3 Å². The van der Waals surface area contributed by atoms with Gasteiger partial charge in [-0.1, -0.05) is 12.1 Å². The van der Waals surface area contributed by atoms with Crippen LogP contribution in [-0.4, -0.2) is 41.7 Å². The number of hydrogen-bond donors (Lipinski definition) is 2. The Balaban J connectivity index is 0.00000208. The minimum absolute atomic E-state index is 0. The van der Waals surface area contributed by atoms with Gasteiger partial charge in [0.15, 0.2) is 0 Å². The third-order valence-electron chi connectivity index (χ3n) is 3.69. The highest BCUT2D eigenvalue weighted by molar-refractivity contribution is 5.94. The summed E-state index contributed by atoms with van der Waals surface area (Å²) in [5.41, 5.74) is 1.44. The van der Waals surface area contributed by atoms with Gasteiger partial charge in [0, 0.05) is 24.6 Å². The molecule has 2 unspecified atom stereocenters. The van der Waals surface area contributed by atoms with E-state index >= 15 is 0 Å². The van der Waals surface area contributed by atoms with Crippen LogP contribution >= 0.6 is 12.4 Å². The normalized spacial score (nSPS) is 19.4. The molecule has 1 amide bonds. The number of rotatable bonds is 4. The molecule has 2 aromatic rings. The third kappa shape index (κ3) is 3.98. The second kappa shape index (κ2) is 8.03. The van der Waals surface area contributed by atoms with Crippen LogP contribution in [0.3, 0.4) is 0 Å². The lowest BCUT2D eigenvalue weighted by Crippen LogP contribution is -2.35. The quantitative estimate of drug-likeness (QED) is 0.882. The zero-order chi connectivity index (χ0) is 16.2. The molecule has 24 heavy (non-hydrogen) atoms. The Morgan fingerprint density at radius 1 is 1.38 bits per heavy atom. The fraction of sp³-hybridized carbons (Fsp3) is 0.312. The van der Waals surface area contributed by atoms with Crippen molar-refractivity contribution in [3.63, 3.8) is 0 Å². The Morgan fingerprint density at radius 2 is 2.17 bits per heavy atom. The Bertz CT molecular complexity index is 716. The van der Waals surface area contributed by atoms with Gasteiger partial charge in [0.2, 0.25) is 5.91 Å². The molecule has 2 heterocycles. The van der Waals surface area contributed by atoms with Gasteiger partial charge in [-0.2, -0.15) is 0 Å². The first-order chi connectivity index (χ1) is 11.2. The molecule has 1 aromatic heterocycles. The number of nitrogens with one attached hydrogen (secondary N) is 2. The molecule has 0 aliphatic carbocycles. The van der Waals surface area contributed by atoms with Crippen molar-refractivity contribution in [2.75, 3.05) is 19.0 Å². The molecule has 0 spiro atoms. The van der Waals surface area contributed by atoms with Gasteiger partial charge in [-0.3, -0.25) is 4.79 Å². The van der Waals surface area contributed by atoms with Gasteiger partial charge in [0.05, 0.1) is 18.8 Å². The standard InChI is InChI=1S/C16H17FN4O2.ClH/c1-23-14-5-3-2-4-11(14)12-7-15(20-9-19-12)21-16(22)13-6-10(17)8-18-13;/h2-5,7,9-10,13,18H,6,8H2,1H3,(H,19,20,21,22);1H. The summed E-state index contributed by atoms with van der Waals surface area (Å²) in [7, 11) is 1.59. The number of anilines is 1. The van der Waals surface area contributed by atoms with Crippen molar-refractivity contribution in [2.45, 2.75) is 18.6 Å². The van der Waals surface area contributed by atoms with Gasteiger partial charge in [-0.05, 0) is 12.1 Å². The highest BCUT2D eigenvalue weighted by Gasteiger charge is 2.29. The molecule has 0 saturated carbocycles. The van der Waals surface area contributed by atoms with Crippen LogP contribution in [0.2, 0.25) is 0 Å². The molecule has 0 bridgehead atoms. The highest BCUT2D eigenvalue weighted by atomic mass is 35.5. The topological polar surface area (TPSA) is 76.1 Å². The number of halogens is 2. The molecule has 6 nitrogen and oxygen atoms in total. The smallest absolute Gasteiger partial charge is 0.242 e. The molecular formula is C16H18ClFN4O2. The van der Waals surface area contributed by atoms with Crippen LogP contribution in [0.25, 0.3) is 11.3 Å². The lowest BCUT2D eigenvalue weighted by Gasteiger charge is -2.11. The van der Waals surface area contributed by atoms with E-state index in [1.165, 1.54) is 6.33 Å². The average molecular weight is 353 g/mol. The van der Waals surface area contributed by atoms with E-state index in [2.05, 4.69) is 20.6 Å². The molecule has 2 N–H and O–H groups in total. The molecule has 1 aromatic carbocycles. The average Bonchev–Trinajstić information content (AvgIpc) is 3.02. The number of aromatic nitrogens is 2. The molecule has 128 valence electrons. The largest absolute Gasteiger partial charge is 0.496 e. The number of alkyl halides is 1. The fourth-order valence-corrected chi connectivity index (χ4v) is 2.53. The van der Waals surface area contributed by atoms with Crippen LogP contribution in [0.5, 0.6) is 5.75 Å². The Hall–Kier alpha value is -2.25. The molecule has 1 aliphatic rings. The van der Waals surface area contributed by atoms with Crippen molar-refractivity contribution in [1.29, 1.82) is 0 Å².